The number of benzene rings is 3. The predicted octanol–water partition coefficient (Wildman–Crippen LogP) is 5.32. The molecule has 0 aliphatic carbocycles. The Labute approximate surface area is 219 Å². The number of rotatable bonds is 12. The predicted molar refractivity (Wildman–Crippen MR) is 140 cm³/mol. The number of hydrogen-bond donors (Lipinski definition) is 2. The first-order valence-electron chi connectivity index (χ1n) is 11.7. The minimum absolute atomic E-state index is 0.0293. The second kappa shape index (κ2) is 12.9. The number of anilines is 1. The Bertz CT molecular complexity index is 1360. The summed E-state index contributed by atoms with van der Waals surface area (Å²) in [7, 11) is 1.57. The molecule has 3 aromatic carbocycles. The summed E-state index contributed by atoms with van der Waals surface area (Å²) in [6, 6.07) is 24.4. The summed E-state index contributed by atoms with van der Waals surface area (Å²) in [5, 5.41) is 11.9. The SMILES string of the molecule is COCOc1ccc(COc2ccc(Oc3ccc(CC(=O)Nc4ccccc4C(=O)O)cn3)cc2)cc1. The average molecular weight is 515 g/mol. The van der Waals surface area contributed by atoms with Crippen LogP contribution in [0.15, 0.2) is 91.1 Å². The van der Waals surface area contributed by atoms with Crippen LogP contribution in [0, 0.1) is 0 Å². The quantitative estimate of drug-likeness (QED) is 0.244. The molecule has 0 unspecified atom stereocenters. The molecule has 0 saturated carbocycles. The normalized spacial score (nSPS) is 10.4. The van der Waals surface area contributed by atoms with Gasteiger partial charge in [0.2, 0.25) is 11.8 Å². The van der Waals surface area contributed by atoms with Gasteiger partial charge in [0.15, 0.2) is 6.79 Å². The maximum atomic E-state index is 12.4. The third kappa shape index (κ3) is 7.55. The number of carbonyl (C=O) groups excluding carboxylic acids is 1. The molecule has 4 aromatic rings. The number of pyridine rings is 1. The number of carboxylic acid groups (broad SMARTS) is 1. The van der Waals surface area contributed by atoms with Crippen LogP contribution in [0.1, 0.15) is 21.5 Å². The Morgan fingerprint density at radius 3 is 2.16 bits per heavy atom. The molecule has 0 saturated heterocycles. The van der Waals surface area contributed by atoms with Gasteiger partial charge < -0.3 is 29.4 Å². The van der Waals surface area contributed by atoms with E-state index in [9.17, 15) is 14.7 Å². The number of nitrogens with one attached hydrogen (secondary N) is 1. The first kappa shape index (κ1) is 26.2. The van der Waals surface area contributed by atoms with Gasteiger partial charge >= 0.3 is 5.97 Å². The zero-order chi connectivity index (χ0) is 26.7. The van der Waals surface area contributed by atoms with Gasteiger partial charge in [0.1, 0.15) is 23.9 Å². The summed E-state index contributed by atoms with van der Waals surface area (Å²) in [5.74, 6) is 0.914. The van der Waals surface area contributed by atoms with Crippen molar-refractivity contribution in [1.82, 2.24) is 4.98 Å². The lowest BCUT2D eigenvalue weighted by molar-refractivity contribution is -0.115. The van der Waals surface area contributed by atoms with Crippen molar-refractivity contribution in [3.05, 3.63) is 108 Å². The van der Waals surface area contributed by atoms with Gasteiger partial charge in [-0.3, -0.25) is 4.79 Å². The molecule has 1 amide bonds. The lowest BCUT2D eigenvalue weighted by Gasteiger charge is -2.10. The Kier molecular flexibility index (Phi) is 8.88. The topological polar surface area (TPSA) is 116 Å². The van der Waals surface area contributed by atoms with Crippen molar-refractivity contribution >= 4 is 17.6 Å². The molecular weight excluding hydrogens is 488 g/mol. The van der Waals surface area contributed by atoms with E-state index in [0.717, 1.165) is 11.3 Å². The Morgan fingerprint density at radius 2 is 1.47 bits per heavy atom. The van der Waals surface area contributed by atoms with Crippen LogP contribution in [-0.4, -0.2) is 35.9 Å². The highest BCUT2D eigenvalue weighted by Gasteiger charge is 2.12. The van der Waals surface area contributed by atoms with Gasteiger partial charge in [-0.2, -0.15) is 0 Å². The molecule has 0 atom stereocenters. The molecule has 2 N–H and O–H groups in total. The average Bonchev–Trinajstić information content (AvgIpc) is 2.93. The van der Waals surface area contributed by atoms with E-state index in [2.05, 4.69) is 10.3 Å². The second-order valence-corrected chi connectivity index (χ2v) is 8.14. The van der Waals surface area contributed by atoms with E-state index in [1.807, 2.05) is 24.3 Å². The van der Waals surface area contributed by atoms with Gasteiger partial charge in [0, 0.05) is 19.4 Å². The fourth-order valence-electron chi connectivity index (χ4n) is 3.43. The smallest absolute Gasteiger partial charge is 0.337 e. The van der Waals surface area contributed by atoms with E-state index in [4.69, 9.17) is 18.9 Å². The molecule has 0 fully saturated rings. The fourth-order valence-corrected chi connectivity index (χ4v) is 3.43. The molecule has 9 nitrogen and oxygen atoms in total. The highest BCUT2D eigenvalue weighted by molar-refractivity contribution is 6.00. The lowest BCUT2D eigenvalue weighted by atomic mass is 10.1. The number of carbonyl (C=O) groups is 2. The number of carboxylic acids is 1. The molecule has 194 valence electrons. The van der Waals surface area contributed by atoms with Crippen molar-refractivity contribution < 1.29 is 33.6 Å². The van der Waals surface area contributed by atoms with Gasteiger partial charge in [-0.15, -0.1) is 0 Å². The molecule has 0 aliphatic rings. The van der Waals surface area contributed by atoms with E-state index in [0.29, 0.717) is 29.5 Å². The van der Waals surface area contributed by atoms with E-state index in [1.54, 1.807) is 67.9 Å². The fraction of sp³-hybridized carbons (Fsp3) is 0.138. The van der Waals surface area contributed by atoms with Crippen LogP contribution in [0.2, 0.25) is 0 Å². The lowest BCUT2D eigenvalue weighted by Crippen LogP contribution is -2.16. The van der Waals surface area contributed by atoms with E-state index in [1.165, 1.54) is 6.07 Å². The van der Waals surface area contributed by atoms with E-state index in [-0.39, 0.29) is 30.4 Å². The summed E-state index contributed by atoms with van der Waals surface area (Å²) < 4.78 is 21.9. The first-order valence-corrected chi connectivity index (χ1v) is 11.7. The second-order valence-electron chi connectivity index (χ2n) is 8.14. The summed E-state index contributed by atoms with van der Waals surface area (Å²) in [6.07, 6.45) is 1.58. The van der Waals surface area contributed by atoms with Gasteiger partial charge in [-0.1, -0.05) is 30.3 Å². The molecule has 1 heterocycles. The van der Waals surface area contributed by atoms with Crippen molar-refractivity contribution in [2.24, 2.45) is 0 Å². The van der Waals surface area contributed by atoms with E-state index < -0.39 is 5.97 Å². The zero-order valence-electron chi connectivity index (χ0n) is 20.6. The van der Waals surface area contributed by atoms with Gasteiger partial charge in [-0.25, -0.2) is 9.78 Å². The van der Waals surface area contributed by atoms with Gasteiger partial charge in [-0.05, 0) is 59.7 Å². The number of para-hydroxylation sites is 1. The minimum atomic E-state index is -1.11. The molecule has 0 bridgehead atoms. The van der Waals surface area contributed by atoms with Crippen molar-refractivity contribution in [3.63, 3.8) is 0 Å². The number of aromatic nitrogens is 1. The van der Waals surface area contributed by atoms with Crippen LogP contribution >= 0.6 is 0 Å². The maximum absolute atomic E-state index is 12.4. The van der Waals surface area contributed by atoms with Crippen molar-refractivity contribution in [2.45, 2.75) is 13.0 Å². The Hall–Kier alpha value is -4.89. The summed E-state index contributed by atoms with van der Waals surface area (Å²) in [4.78, 5) is 27.9. The van der Waals surface area contributed by atoms with Gasteiger partial charge in [0.05, 0.1) is 17.7 Å². The third-order valence-corrected chi connectivity index (χ3v) is 5.31. The van der Waals surface area contributed by atoms with Crippen molar-refractivity contribution in [1.29, 1.82) is 0 Å². The number of aromatic carboxylic acids is 1. The van der Waals surface area contributed by atoms with Crippen LogP contribution in [0.4, 0.5) is 5.69 Å². The standard InChI is InChI=1S/C29H26N2O7/c1-35-19-37-23-9-6-20(7-10-23)18-36-22-11-13-24(14-12-22)38-28-15-8-21(17-30-28)16-27(32)31-26-5-3-2-4-25(26)29(33)34/h2-15,17H,16,18-19H2,1H3,(H,31,32)(H,33,34). The summed E-state index contributed by atoms with van der Waals surface area (Å²) in [6.45, 7) is 0.607. The van der Waals surface area contributed by atoms with Gasteiger partial charge in [0.25, 0.3) is 0 Å². The third-order valence-electron chi connectivity index (χ3n) is 5.31. The number of methoxy groups -OCH3 is 1. The highest BCUT2D eigenvalue weighted by atomic mass is 16.7. The van der Waals surface area contributed by atoms with E-state index >= 15 is 0 Å². The van der Waals surface area contributed by atoms with Crippen LogP contribution in [0.25, 0.3) is 0 Å². The maximum Gasteiger partial charge on any atom is 0.337 e. The molecule has 0 spiro atoms. The number of amides is 1. The highest BCUT2D eigenvalue weighted by Crippen LogP contribution is 2.24. The molecule has 1 aromatic heterocycles. The Morgan fingerprint density at radius 1 is 0.816 bits per heavy atom. The van der Waals surface area contributed by atoms with Crippen molar-refractivity contribution in [3.8, 4) is 23.1 Å². The van der Waals surface area contributed by atoms with Crippen LogP contribution in [0.3, 0.4) is 0 Å². The molecule has 0 radical (unpaired) electrons. The molecule has 9 heteroatoms. The molecule has 4 rings (SSSR count). The summed E-state index contributed by atoms with van der Waals surface area (Å²) in [5.41, 5.74) is 1.93. The van der Waals surface area contributed by atoms with Crippen LogP contribution in [-0.2, 0) is 22.6 Å². The zero-order valence-corrected chi connectivity index (χ0v) is 20.6. The Balaban J connectivity index is 1.26. The molecule has 0 aliphatic heterocycles. The summed E-state index contributed by atoms with van der Waals surface area (Å²) >= 11 is 0. The molecule has 38 heavy (non-hydrogen) atoms. The van der Waals surface area contributed by atoms with Crippen LogP contribution < -0.4 is 19.5 Å². The number of ether oxygens (including phenoxy) is 4. The van der Waals surface area contributed by atoms with Crippen LogP contribution in [0.5, 0.6) is 23.1 Å². The first-order chi connectivity index (χ1) is 18.5. The largest absolute Gasteiger partial charge is 0.489 e. The number of nitrogens with zero attached hydrogens (tertiary/aromatic N) is 1. The minimum Gasteiger partial charge on any atom is -0.489 e. The number of hydrogen-bond acceptors (Lipinski definition) is 7. The monoisotopic (exact) mass is 514 g/mol. The van der Waals surface area contributed by atoms with Crippen molar-refractivity contribution in [2.75, 3.05) is 19.2 Å². The molecular formula is C29H26N2O7.